The lowest BCUT2D eigenvalue weighted by Gasteiger charge is -2.27. The van der Waals surface area contributed by atoms with Gasteiger partial charge in [-0.2, -0.15) is 31.6 Å². The second kappa shape index (κ2) is 14.6. The smallest absolute Gasteiger partial charge is 0.422 e. The molecule has 210 valence electrons. The summed E-state index contributed by atoms with van der Waals surface area (Å²) in [6, 6.07) is 5.48. The van der Waals surface area contributed by atoms with E-state index < -0.39 is 54.7 Å². The predicted octanol–water partition coefficient (Wildman–Crippen LogP) is 2.80. The van der Waals surface area contributed by atoms with Crippen LogP contribution in [0.25, 0.3) is 0 Å². The SMILES string of the molecule is CC(c1ncccn1)N(Cc1ccc(C#N)cn1)C(=O)C(=O)OCC(F)(F)F.O=C(Cl)C(=O)OCC(F)(F)F. The van der Waals surface area contributed by atoms with E-state index in [-0.39, 0.29) is 17.9 Å². The molecule has 2 heterocycles. The number of nitrogens with zero attached hydrogens (tertiary/aromatic N) is 5. The van der Waals surface area contributed by atoms with Crippen LogP contribution in [0.5, 0.6) is 0 Å². The Labute approximate surface area is 220 Å². The maximum atomic E-state index is 12.5. The third kappa shape index (κ3) is 12.6. The van der Waals surface area contributed by atoms with Crippen molar-refractivity contribution in [1.29, 1.82) is 5.26 Å². The number of carbonyl (C=O) groups is 4. The minimum Gasteiger partial charge on any atom is -0.449 e. The second-order valence-electron chi connectivity index (χ2n) is 7.02. The Morgan fingerprint density at radius 3 is 1.95 bits per heavy atom. The van der Waals surface area contributed by atoms with Gasteiger partial charge >= 0.3 is 35.4 Å². The van der Waals surface area contributed by atoms with Crippen molar-refractivity contribution >= 4 is 34.7 Å². The van der Waals surface area contributed by atoms with Gasteiger partial charge in [0.05, 0.1) is 23.8 Å². The average Bonchev–Trinajstić information content (AvgIpc) is 2.88. The summed E-state index contributed by atoms with van der Waals surface area (Å²) in [6.45, 7) is -2.40. The number of esters is 2. The molecule has 0 N–H and O–H groups in total. The fourth-order valence-corrected chi connectivity index (χ4v) is 2.39. The molecule has 1 unspecified atom stereocenters. The van der Waals surface area contributed by atoms with Crippen LogP contribution in [0.4, 0.5) is 26.3 Å². The second-order valence-corrected chi connectivity index (χ2v) is 7.37. The van der Waals surface area contributed by atoms with Crippen LogP contribution < -0.4 is 0 Å². The van der Waals surface area contributed by atoms with Crippen molar-refractivity contribution in [2.24, 2.45) is 0 Å². The first-order valence-corrected chi connectivity index (χ1v) is 10.5. The number of pyridine rings is 1. The minimum atomic E-state index is -4.76. The van der Waals surface area contributed by atoms with Gasteiger partial charge in [-0.05, 0) is 36.7 Å². The van der Waals surface area contributed by atoms with Gasteiger partial charge in [0.25, 0.3) is 0 Å². The van der Waals surface area contributed by atoms with Gasteiger partial charge in [0.2, 0.25) is 0 Å². The maximum absolute atomic E-state index is 12.5. The van der Waals surface area contributed by atoms with E-state index in [2.05, 4.69) is 36.0 Å². The molecular weight excluding hydrogens is 568 g/mol. The Bertz CT molecular complexity index is 1190. The fraction of sp³-hybridized carbons (Fsp3) is 0.333. The number of amides is 1. The molecule has 2 aromatic heterocycles. The Morgan fingerprint density at radius 2 is 1.51 bits per heavy atom. The van der Waals surface area contributed by atoms with Crippen molar-refractivity contribution in [3.63, 3.8) is 0 Å². The van der Waals surface area contributed by atoms with E-state index in [0.717, 1.165) is 4.90 Å². The average molecular weight is 584 g/mol. The summed E-state index contributed by atoms with van der Waals surface area (Å²) < 4.78 is 78.0. The summed E-state index contributed by atoms with van der Waals surface area (Å²) in [5, 5.41) is 7.23. The van der Waals surface area contributed by atoms with Gasteiger partial charge in [0.15, 0.2) is 13.2 Å². The highest BCUT2D eigenvalue weighted by Gasteiger charge is 2.35. The van der Waals surface area contributed by atoms with Gasteiger partial charge in [0, 0.05) is 18.6 Å². The normalized spacial score (nSPS) is 11.7. The van der Waals surface area contributed by atoms with Gasteiger partial charge in [-0.3, -0.25) is 14.6 Å². The molecule has 0 spiro atoms. The number of aromatic nitrogens is 3. The third-order valence-electron chi connectivity index (χ3n) is 4.04. The number of halogens is 7. The zero-order valence-electron chi connectivity index (χ0n) is 19.5. The fourth-order valence-electron chi connectivity index (χ4n) is 2.34. The zero-order chi connectivity index (χ0) is 29.8. The lowest BCUT2D eigenvalue weighted by atomic mass is 10.2. The van der Waals surface area contributed by atoms with Crippen LogP contribution in [-0.2, 0) is 35.2 Å². The highest BCUT2D eigenvalue weighted by Crippen LogP contribution is 2.21. The number of nitriles is 1. The van der Waals surface area contributed by atoms with Crippen LogP contribution in [-0.4, -0.2) is 68.5 Å². The molecule has 2 aromatic rings. The summed E-state index contributed by atoms with van der Waals surface area (Å²) in [6.07, 6.45) is -5.29. The molecule has 1 amide bonds. The molecule has 0 saturated heterocycles. The Balaban J connectivity index is 0.000000584. The van der Waals surface area contributed by atoms with Crippen molar-refractivity contribution in [3.05, 3.63) is 53.9 Å². The largest absolute Gasteiger partial charge is 0.449 e. The van der Waals surface area contributed by atoms with E-state index >= 15 is 0 Å². The Kier molecular flexibility index (Phi) is 12.2. The Hall–Kier alpha value is -4.33. The third-order valence-corrected chi connectivity index (χ3v) is 4.20. The molecule has 0 aromatic carbocycles. The number of hydrogen-bond acceptors (Lipinski definition) is 10. The van der Waals surface area contributed by atoms with E-state index in [4.69, 9.17) is 5.26 Å². The summed E-state index contributed by atoms with van der Waals surface area (Å²) in [5.41, 5.74) is 0.587. The van der Waals surface area contributed by atoms with E-state index in [0.29, 0.717) is 5.69 Å². The van der Waals surface area contributed by atoms with Crippen LogP contribution in [0, 0.1) is 11.3 Å². The molecule has 0 aliphatic carbocycles. The topological polar surface area (TPSA) is 152 Å². The molecule has 11 nitrogen and oxygen atoms in total. The number of alkyl halides is 6. The zero-order valence-corrected chi connectivity index (χ0v) is 20.3. The van der Waals surface area contributed by atoms with Gasteiger partial charge in [-0.15, -0.1) is 0 Å². The molecule has 0 saturated carbocycles. The number of rotatable bonds is 7. The van der Waals surface area contributed by atoms with Crippen molar-refractivity contribution in [2.45, 2.75) is 31.9 Å². The first-order valence-electron chi connectivity index (χ1n) is 10.1. The predicted molar refractivity (Wildman–Crippen MR) is 115 cm³/mol. The van der Waals surface area contributed by atoms with Crippen LogP contribution in [0.15, 0.2) is 36.8 Å². The summed E-state index contributed by atoms with van der Waals surface area (Å²) >= 11 is 4.48. The number of carbonyl (C=O) groups excluding carboxylic acids is 4. The lowest BCUT2D eigenvalue weighted by molar-refractivity contribution is -0.190. The standard InChI is InChI=1S/C17H14F3N5O3.C4H2ClF3O3/c1-11(14-22-5-2-6-23-14)25(9-13-4-3-12(7-21)8-24-13)15(26)16(27)28-10-17(18,19)20;5-2(9)3(10)11-1-4(6,7)8/h2-6,8,11H,9-10H2,1H3;1H2. The van der Waals surface area contributed by atoms with Crippen LogP contribution in [0.2, 0.25) is 0 Å². The van der Waals surface area contributed by atoms with E-state index in [1.807, 2.05) is 6.07 Å². The number of ether oxygens (including phenoxy) is 2. The molecule has 2 rings (SSSR count). The van der Waals surface area contributed by atoms with Crippen LogP contribution >= 0.6 is 11.6 Å². The molecule has 0 aliphatic rings. The van der Waals surface area contributed by atoms with Gasteiger partial charge < -0.3 is 14.4 Å². The lowest BCUT2D eigenvalue weighted by Crippen LogP contribution is -2.40. The maximum Gasteiger partial charge on any atom is 0.422 e. The minimum absolute atomic E-state index is 0.174. The van der Waals surface area contributed by atoms with Gasteiger partial charge in [0.1, 0.15) is 11.9 Å². The molecule has 0 bridgehead atoms. The Morgan fingerprint density at radius 1 is 0.974 bits per heavy atom. The highest BCUT2D eigenvalue weighted by atomic mass is 35.5. The van der Waals surface area contributed by atoms with Crippen molar-refractivity contribution in [3.8, 4) is 6.07 Å². The molecular formula is C21H16ClF6N5O6. The van der Waals surface area contributed by atoms with E-state index in [9.17, 15) is 45.5 Å². The van der Waals surface area contributed by atoms with Crippen molar-refractivity contribution in [1.82, 2.24) is 19.9 Å². The summed E-state index contributed by atoms with van der Waals surface area (Å²) in [7, 11) is 0. The van der Waals surface area contributed by atoms with Crippen molar-refractivity contribution in [2.75, 3.05) is 13.2 Å². The quantitative estimate of drug-likeness (QED) is 0.206. The molecule has 0 aliphatic heterocycles. The molecule has 0 radical (unpaired) electrons. The van der Waals surface area contributed by atoms with Gasteiger partial charge in [-0.1, -0.05) is 0 Å². The monoisotopic (exact) mass is 583 g/mol. The summed E-state index contributed by atoms with van der Waals surface area (Å²) in [4.78, 5) is 57.0. The van der Waals surface area contributed by atoms with Crippen molar-refractivity contribution < 1.29 is 55.0 Å². The number of hydrogen-bond donors (Lipinski definition) is 0. The molecule has 18 heteroatoms. The van der Waals surface area contributed by atoms with E-state index in [1.54, 1.807) is 6.07 Å². The molecule has 1 atom stereocenters. The summed E-state index contributed by atoms with van der Waals surface area (Å²) in [5.74, 6) is -4.48. The van der Waals surface area contributed by atoms with E-state index in [1.165, 1.54) is 37.6 Å². The molecule has 39 heavy (non-hydrogen) atoms. The highest BCUT2D eigenvalue weighted by molar-refractivity contribution is 6.80. The first kappa shape index (κ1) is 32.7. The first-order chi connectivity index (χ1) is 18.0. The van der Waals surface area contributed by atoms with Gasteiger partial charge in [-0.25, -0.2) is 19.6 Å². The van der Waals surface area contributed by atoms with Crippen LogP contribution in [0.3, 0.4) is 0 Å². The molecule has 0 fully saturated rings. The van der Waals surface area contributed by atoms with Crippen LogP contribution in [0.1, 0.15) is 30.0 Å².